The zero-order chi connectivity index (χ0) is 14.5. The molecule has 1 aliphatic rings. The van der Waals surface area contributed by atoms with E-state index in [2.05, 4.69) is 5.32 Å². The molecule has 112 valence electrons. The molecule has 20 heavy (non-hydrogen) atoms. The van der Waals surface area contributed by atoms with Crippen molar-refractivity contribution >= 4 is 0 Å². The van der Waals surface area contributed by atoms with E-state index in [1.54, 1.807) is 6.92 Å². The molecule has 0 saturated carbocycles. The summed E-state index contributed by atoms with van der Waals surface area (Å²) in [4.78, 5) is 0. The van der Waals surface area contributed by atoms with E-state index in [1.165, 1.54) is 18.6 Å². The summed E-state index contributed by atoms with van der Waals surface area (Å²) in [6.45, 7) is 5.02. The van der Waals surface area contributed by atoms with Gasteiger partial charge in [-0.2, -0.15) is 0 Å². The Labute approximate surface area is 119 Å². The van der Waals surface area contributed by atoms with Gasteiger partial charge < -0.3 is 10.1 Å². The summed E-state index contributed by atoms with van der Waals surface area (Å²) >= 11 is 0. The Morgan fingerprint density at radius 2 is 2.10 bits per heavy atom. The lowest BCUT2D eigenvalue weighted by Crippen LogP contribution is -2.27. The Hall–Kier alpha value is -1.00. The quantitative estimate of drug-likeness (QED) is 0.885. The molecule has 1 N–H and O–H groups in total. The molecule has 2 rings (SSSR count). The first-order chi connectivity index (χ1) is 9.58. The van der Waals surface area contributed by atoms with Crippen molar-refractivity contribution in [3.8, 4) is 0 Å². The second-order valence-corrected chi connectivity index (χ2v) is 5.58. The van der Waals surface area contributed by atoms with Crippen molar-refractivity contribution in [3.05, 3.63) is 34.9 Å². The maximum absolute atomic E-state index is 13.8. The maximum Gasteiger partial charge on any atom is 0.128 e. The molecule has 1 heterocycles. The number of nitrogens with one attached hydrogen (secondary N) is 1. The van der Waals surface area contributed by atoms with Crippen LogP contribution in [0.2, 0.25) is 0 Å². The van der Waals surface area contributed by atoms with Crippen LogP contribution in [0.5, 0.6) is 0 Å². The molecule has 2 nitrogen and oxygen atoms in total. The van der Waals surface area contributed by atoms with Crippen LogP contribution in [0, 0.1) is 18.6 Å². The van der Waals surface area contributed by atoms with Gasteiger partial charge in [-0.1, -0.05) is 0 Å². The molecule has 2 atom stereocenters. The fourth-order valence-electron chi connectivity index (χ4n) is 2.60. The second kappa shape index (κ2) is 7.14. The van der Waals surface area contributed by atoms with E-state index >= 15 is 0 Å². The summed E-state index contributed by atoms with van der Waals surface area (Å²) in [5, 5.41) is 3.25. The Morgan fingerprint density at radius 1 is 1.30 bits per heavy atom. The van der Waals surface area contributed by atoms with Gasteiger partial charge in [0.25, 0.3) is 0 Å². The predicted molar refractivity (Wildman–Crippen MR) is 75.7 cm³/mol. The molecule has 0 aromatic heterocycles. The van der Waals surface area contributed by atoms with Gasteiger partial charge in [-0.3, -0.25) is 0 Å². The van der Waals surface area contributed by atoms with Gasteiger partial charge >= 0.3 is 0 Å². The minimum absolute atomic E-state index is 0.200. The lowest BCUT2D eigenvalue weighted by molar-refractivity contribution is 0.0112. The molecule has 1 fully saturated rings. The number of ether oxygens (including phenoxy) is 1. The first-order valence-electron chi connectivity index (χ1n) is 7.38. The highest BCUT2D eigenvalue weighted by Crippen LogP contribution is 2.21. The maximum atomic E-state index is 13.8. The number of benzene rings is 1. The average molecular weight is 283 g/mol. The van der Waals surface area contributed by atoms with Gasteiger partial charge in [0.1, 0.15) is 11.6 Å². The number of hydrogen-bond acceptors (Lipinski definition) is 2. The number of aryl methyl sites for hydroxylation is 1. The predicted octanol–water partition coefficient (Wildman–Crippen LogP) is 3.88. The van der Waals surface area contributed by atoms with Crippen LogP contribution in [-0.2, 0) is 4.74 Å². The van der Waals surface area contributed by atoms with Crippen molar-refractivity contribution in [1.29, 1.82) is 0 Å². The lowest BCUT2D eigenvalue weighted by Gasteiger charge is -2.23. The fraction of sp³-hybridized carbons (Fsp3) is 0.625. The van der Waals surface area contributed by atoms with Crippen LogP contribution in [0.1, 0.15) is 49.8 Å². The van der Waals surface area contributed by atoms with Gasteiger partial charge in [-0.15, -0.1) is 0 Å². The Balaban J connectivity index is 1.85. The van der Waals surface area contributed by atoms with Gasteiger partial charge in [0.05, 0.1) is 6.10 Å². The van der Waals surface area contributed by atoms with Crippen molar-refractivity contribution in [3.63, 3.8) is 0 Å². The highest BCUT2D eigenvalue weighted by molar-refractivity contribution is 5.27. The molecule has 1 aromatic rings. The monoisotopic (exact) mass is 283 g/mol. The topological polar surface area (TPSA) is 21.3 Å². The van der Waals surface area contributed by atoms with E-state index in [9.17, 15) is 8.78 Å². The summed E-state index contributed by atoms with van der Waals surface area (Å²) in [6, 6.07) is 2.35. The fourth-order valence-corrected chi connectivity index (χ4v) is 2.60. The van der Waals surface area contributed by atoms with Crippen LogP contribution >= 0.6 is 0 Å². The van der Waals surface area contributed by atoms with E-state index in [0.29, 0.717) is 17.2 Å². The van der Waals surface area contributed by atoms with Crippen LogP contribution in [0.15, 0.2) is 12.1 Å². The van der Waals surface area contributed by atoms with E-state index in [4.69, 9.17) is 4.74 Å². The molecular formula is C16H23F2NO. The van der Waals surface area contributed by atoms with Gasteiger partial charge in [-0.05, 0) is 63.8 Å². The molecule has 0 aliphatic carbocycles. The highest BCUT2D eigenvalue weighted by atomic mass is 19.1. The van der Waals surface area contributed by atoms with Crippen LogP contribution in [-0.4, -0.2) is 19.3 Å². The summed E-state index contributed by atoms with van der Waals surface area (Å²) < 4.78 is 33.0. The van der Waals surface area contributed by atoms with E-state index in [0.717, 1.165) is 32.4 Å². The molecule has 0 bridgehead atoms. The number of halogens is 2. The van der Waals surface area contributed by atoms with E-state index < -0.39 is 0 Å². The Morgan fingerprint density at radius 3 is 2.80 bits per heavy atom. The SMILES string of the molecule is Cc1cc(F)c(C(C)NCCC2CCCCO2)cc1F. The molecule has 4 heteroatoms. The Kier molecular flexibility index (Phi) is 5.49. The van der Waals surface area contributed by atoms with Crippen molar-refractivity contribution < 1.29 is 13.5 Å². The van der Waals surface area contributed by atoms with Gasteiger partial charge in [0, 0.05) is 18.2 Å². The number of rotatable bonds is 5. The molecule has 1 aromatic carbocycles. The van der Waals surface area contributed by atoms with Gasteiger partial charge in [0.2, 0.25) is 0 Å². The minimum atomic E-state index is -0.356. The molecule has 0 amide bonds. The standard InChI is InChI=1S/C16H23F2NO/c1-11-9-16(18)14(10-15(11)17)12(2)19-7-6-13-5-3-4-8-20-13/h9-10,12-13,19H,3-8H2,1-2H3. The van der Waals surface area contributed by atoms with Crippen molar-refractivity contribution in [2.45, 2.75) is 51.7 Å². The highest BCUT2D eigenvalue weighted by Gasteiger charge is 2.16. The summed E-state index contributed by atoms with van der Waals surface area (Å²) in [5.41, 5.74) is 0.728. The molecule has 1 saturated heterocycles. The van der Waals surface area contributed by atoms with E-state index in [-0.39, 0.29) is 17.7 Å². The molecule has 1 aliphatic heterocycles. The molecular weight excluding hydrogens is 260 g/mol. The number of hydrogen-bond donors (Lipinski definition) is 1. The van der Waals surface area contributed by atoms with Crippen molar-refractivity contribution in [2.24, 2.45) is 0 Å². The largest absolute Gasteiger partial charge is 0.378 e. The van der Waals surface area contributed by atoms with Crippen molar-refractivity contribution in [2.75, 3.05) is 13.2 Å². The summed E-state index contributed by atoms with van der Waals surface area (Å²) in [6.07, 6.45) is 4.69. The minimum Gasteiger partial charge on any atom is -0.378 e. The second-order valence-electron chi connectivity index (χ2n) is 5.58. The van der Waals surface area contributed by atoms with Crippen LogP contribution in [0.3, 0.4) is 0 Å². The third-order valence-corrected chi connectivity index (χ3v) is 3.94. The molecule has 0 radical (unpaired) electrons. The van der Waals surface area contributed by atoms with Gasteiger partial charge in [0.15, 0.2) is 0 Å². The summed E-state index contributed by atoms with van der Waals surface area (Å²) in [5.74, 6) is -0.705. The smallest absolute Gasteiger partial charge is 0.128 e. The van der Waals surface area contributed by atoms with Crippen molar-refractivity contribution in [1.82, 2.24) is 5.32 Å². The van der Waals surface area contributed by atoms with Crippen LogP contribution in [0.4, 0.5) is 8.78 Å². The third-order valence-electron chi connectivity index (χ3n) is 3.94. The Bertz CT molecular complexity index is 444. The summed E-state index contributed by atoms with van der Waals surface area (Å²) in [7, 11) is 0. The zero-order valence-electron chi connectivity index (χ0n) is 12.2. The van der Waals surface area contributed by atoms with E-state index in [1.807, 2.05) is 6.92 Å². The van der Waals surface area contributed by atoms with Crippen LogP contribution < -0.4 is 5.32 Å². The van der Waals surface area contributed by atoms with Crippen LogP contribution in [0.25, 0.3) is 0 Å². The normalized spacial score (nSPS) is 20.9. The molecule has 2 unspecified atom stereocenters. The molecule has 0 spiro atoms. The van der Waals surface area contributed by atoms with Gasteiger partial charge in [-0.25, -0.2) is 8.78 Å². The average Bonchev–Trinajstić information content (AvgIpc) is 2.44. The first kappa shape index (κ1) is 15.4. The lowest BCUT2D eigenvalue weighted by atomic mass is 10.0. The zero-order valence-corrected chi connectivity index (χ0v) is 12.2. The first-order valence-corrected chi connectivity index (χ1v) is 7.38. The third kappa shape index (κ3) is 4.00.